The van der Waals surface area contributed by atoms with Gasteiger partial charge in [0.2, 0.25) is 0 Å². The number of allylic oxidation sites excluding steroid dienone is 8. The SMILES string of the molecule is CC/C=C\C/C=C\C/C=C\C/C=C\CCCCCCCCCCCCCCCCCCCCC(=O)OC(COC(=O)CCCCCCCCCCCCCCCCCCCCCCCCCCCCCCCCC)COP(=O)(O)OCCN. The van der Waals surface area contributed by atoms with Crippen LogP contribution in [0.4, 0.5) is 0 Å². The third kappa shape index (κ3) is 68.9. The van der Waals surface area contributed by atoms with Crippen LogP contribution >= 0.6 is 7.82 Å². The quantitative estimate of drug-likeness (QED) is 0.0264. The van der Waals surface area contributed by atoms with Crippen LogP contribution in [0.5, 0.6) is 0 Å². The minimum Gasteiger partial charge on any atom is -0.462 e. The van der Waals surface area contributed by atoms with E-state index in [0.717, 1.165) is 57.8 Å². The molecule has 0 saturated heterocycles. The molecule has 2 atom stereocenters. The molecule has 10 heteroatoms. The lowest BCUT2D eigenvalue weighted by Crippen LogP contribution is -2.29. The van der Waals surface area contributed by atoms with Gasteiger partial charge in [0.05, 0.1) is 13.2 Å². The van der Waals surface area contributed by atoms with Gasteiger partial charge in [0.15, 0.2) is 6.10 Å². The summed E-state index contributed by atoms with van der Waals surface area (Å²) in [6.07, 6.45) is 88.0. The molecule has 0 aliphatic carbocycles. The minimum atomic E-state index is -4.39. The second-order valence-electron chi connectivity index (χ2n) is 24.4. The van der Waals surface area contributed by atoms with Crippen LogP contribution in [-0.4, -0.2) is 49.3 Å². The number of carbonyl (C=O) groups excluding carboxylic acids is 2. The van der Waals surface area contributed by atoms with Crippen molar-refractivity contribution in [1.29, 1.82) is 0 Å². The van der Waals surface area contributed by atoms with Crippen LogP contribution < -0.4 is 5.73 Å². The number of hydrogen-bond donors (Lipinski definition) is 2. The number of unbranched alkanes of at least 4 members (excludes halogenated alkanes) is 48. The van der Waals surface area contributed by atoms with E-state index in [4.69, 9.17) is 24.3 Å². The predicted molar refractivity (Wildman–Crippen MR) is 358 cm³/mol. The first-order chi connectivity index (χ1) is 40.8. The summed E-state index contributed by atoms with van der Waals surface area (Å²) in [5, 5.41) is 0. The van der Waals surface area contributed by atoms with E-state index in [9.17, 15) is 19.0 Å². The van der Waals surface area contributed by atoms with Crippen LogP contribution in [0.3, 0.4) is 0 Å². The zero-order valence-corrected chi connectivity index (χ0v) is 55.8. The number of ether oxygens (including phenoxy) is 2. The molecule has 0 aliphatic rings. The summed E-state index contributed by atoms with van der Waals surface area (Å²) in [5.41, 5.74) is 5.41. The van der Waals surface area contributed by atoms with Crippen molar-refractivity contribution in [3.63, 3.8) is 0 Å². The molecule has 2 unspecified atom stereocenters. The number of phosphoric ester groups is 1. The predicted octanol–water partition coefficient (Wildman–Crippen LogP) is 23.6. The van der Waals surface area contributed by atoms with Gasteiger partial charge in [0.25, 0.3) is 0 Å². The normalized spacial score (nSPS) is 13.2. The van der Waals surface area contributed by atoms with Gasteiger partial charge in [-0.25, -0.2) is 4.57 Å². The van der Waals surface area contributed by atoms with Crippen LogP contribution in [0.2, 0.25) is 0 Å². The second-order valence-corrected chi connectivity index (χ2v) is 25.9. The molecule has 0 aromatic rings. The van der Waals surface area contributed by atoms with Gasteiger partial charge in [-0.05, 0) is 51.4 Å². The van der Waals surface area contributed by atoms with E-state index in [1.807, 2.05) is 0 Å². The molecule has 0 bridgehead atoms. The van der Waals surface area contributed by atoms with Gasteiger partial charge in [-0.3, -0.25) is 18.6 Å². The molecule has 9 nitrogen and oxygen atoms in total. The Morgan fingerprint density at radius 1 is 0.373 bits per heavy atom. The van der Waals surface area contributed by atoms with Gasteiger partial charge in [0.1, 0.15) is 6.61 Å². The molecule has 0 aromatic heterocycles. The van der Waals surface area contributed by atoms with E-state index in [2.05, 4.69) is 62.5 Å². The summed E-state index contributed by atoms with van der Waals surface area (Å²) >= 11 is 0. The van der Waals surface area contributed by atoms with E-state index in [1.54, 1.807) is 0 Å². The van der Waals surface area contributed by atoms with E-state index >= 15 is 0 Å². The Morgan fingerprint density at radius 2 is 0.663 bits per heavy atom. The molecule has 488 valence electrons. The maximum atomic E-state index is 12.8. The molecular formula is C73H138NO8P. The number of nitrogens with two attached hydrogens (primary N) is 1. The summed E-state index contributed by atoms with van der Waals surface area (Å²) in [4.78, 5) is 35.4. The molecule has 83 heavy (non-hydrogen) atoms. The molecular weight excluding hydrogens is 1050 g/mol. The fourth-order valence-electron chi connectivity index (χ4n) is 10.9. The van der Waals surface area contributed by atoms with Gasteiger partial charge >= 0.3 is 19.8 Å². The lowest BCUT2D eigenvalue weighted by molar-refractivity contribution is -0.161. The molecule has 3 N–H and O–H groups in total. The highest BCUT2D eigenvalue weighted by molar-refractivity contribution is 7.47. The standard InChI is InChI=1S/C73H138NO8P/c1-3-5-7-9-11-13-15-17-19-21-23-25-27-29-31-33-35-37-39-41-43-45-47-49-51-53-55-57-59-61-63-65-72(75)79-69-71(70-81-83(77,78)80-68-67-74)82-73(76)66-64-62-60-58-56-54-52-50-48-46-44-42-40-38-36-34-32-30-28-26-24-22-20-18-16-14-12-10-8-6-4-2/h6,8,12,14,18,20,24,26,71H,3-5,7,9-11,13,15-17,19,21-23,25,27-70,74H2,1-2H3,(H,77,78)/b8-6-,14-12-,20-18-,26-24-. The Hall–Kier alpha value is -2.03. The highest BCUT2D eigenvalue weighted by Crippen LogP contribution is 2.43. The van der Waals surface area contributed by atoms with Crippen molar-refractivity contribution in [1.82, 2.24) is 0 Å². The summed E-state index contributed by atoms with van der Waals surface area (Å²) < 4.78 is 33.2. The molecule has 0 heterocycles. The first-order valence-corrected chi connectivity index (χ1v) is 37.6. The van der Waals surface area contributed by atoms with Crippen molar-refractivity contribution in [3.8, 4) is 0 Å². The Morgan fingerprint density at radius 3 is 0.988 bits per heavy atom. The van der Waals surface area contributed by atoms with Crippen molar-refractivity contribution in [2.24, 2.45) is 5.73 Å². The number of esters is 2. The third-order valence-electron chi connectivity index (χ3n) is 16.2. The topological polar surface area (TPSA) is 134 Å². The fourth-order valence-corrected chi connectivity index (χ4v) is 11.7. The van der Waals surface area contributed by atoms with Crippen molar-refractivity contribution < 1.29 is 37.6 Å². The summed E-state index contributed by atoms with van der Waals surface area (Å²) in [6, 6.07) is 0. The van der Waals surface area contributed by atoms with Crippen molar-refractivity contribution in [2.75, 3.05) is 26.4 Å². The maximum Gasteiger partial charge on any atom is 0.472 e. The van der Waals surface area contributed by atoms with Crippen LogP contribution in [-0.2, 0) is 32.7 Å². The van der Waals surface area contributed by atoms with Crippen LogP contribution in [0, 0.1) is 0 Å². The van der Waals surface area contributed by atoms with Gasteiger partial charge in [0, 0.05) is 19.4 Å². The maximum absolute atomic E-state index is 12.8. The van der Waals surface area contributed by atoms with Crippen LogP contribution in [0.25, 0.3) is 0 Å². The molecule has 0 aromatic carbocycles. The highest BCUT2D eigenvalue weighted by Gasteiger charge is 2.26. The van der Waals surface area contributed by atoms with E-state index in [1.165, 1.54) is 283 Å². The molecule has 0 amide bonds. The van der Waals surface area contributed by atoms with Crippen LogP contribution in [0.1, 0.15) is 373 Å². The largest absolute Gasteiger partial charge is 0.472 e. The van der Waals surface area contributed by atoms with Gasteiger partial charge in [-0.2, -0.15) is 0 Å². The molecule has 0 aliphatic heterocycles. The monoisotopic (exact) mass is 1190 g/mol. The Labute approximate surface area is 515 Å². The van der Waals surface area contributed by atoms with Crippen molar-refractivity contribution >= 4 is 19.8 Å². The van der Waals surface area contributed by atoms with Gasteiger partial charge < -0.3 is 20.1 Å². The zero-order valence-electron chi connectivity index (χ0n) is 55.0. The smallest absolute Gasteiger partial charge is 0.462 e. The van der Waals surface area contributed by atoms with E-state index < -0.39 is 26.5 Å². The third-order valence-corrected chi connectivity index (χ3v) is 17.2. The Kier molecular flexibility index (Phi) is 67.4. The average molecular weight is 1190 g/mol. The summed E-state index contributed by atoms with van der Waals surface area (Å²) in [7, 11) is -4.39. The van der Waals surface area contributed by atoms with Crippen LogP contribution in [0.15, 0.2) is 48.6 Å². The lowest BCUT2D eigenvalue weighted by atomic mass is 10.0. The van der Waals surface area contributed by atoms with E-state index in [-0.39, 0.29) is 38.6 Å². The summed E-state index contributed by atoms with van der Waals surface area (Å²) in [5.74, 6) is -0.805. The number of carbonyl (C=O) groups is 2. The highest BCUT2D eigenvalue weighted by atomic mass is 31.2. The number of phosphoric acid groups is 1. The first kappa shape index (κ1) is 81.0. The number of hydrogen-bond acceptors (Lipinski definition) is 8. The summed E-state index contributed by atoms with van der Waals surface area (Å²) in [6.45, 7) is 3.71. The van der Waals surface area contributed by atoms with E-state index in [0.29, 0.717) is 6.42 Å². The number of rotatable bonds is 69. The molecule has 0 rings (SSSR count). The van der Waals surface area contributed by atoms with Crippen molar-refractivity contribution in [3.05, 3.63) is 48.6 Å². The second kappa shape index (κ2) is 69.1. The van der Waals surface area contributed by atoms with Gasteiger partial charge in [-0.1, -0.05) is 358 Å². The molecule has 0 saturated carbocycles. The molecule has 0 fully saturated rings. The lowest BCUT2D eigenvalue weighted by Gasteiger charge is -2.19. The molecule has 0 radical (unpaired) electrons. The Bertz CT molecular complexity index is 1500. The fraction of sp³-hybridized carbons (Fsp3) is 0.863. The Balaban J connectivity index is 3.80. The van der Waals surface area contributed by atoms with Crippen molar-refractivity contribution in [2.45, 2.75) is 380 Å². The molecule has 0 spiro atoms. The zero-order chi connectivity index (χ0) is 60.1. The first-order valence-electron chi connectivity index (χ1n) is 36.1. The average Bonchev–Trinajstić information content (AvgIpc) is 3.48. The van der Waals surface area contributed by atoms with Gasteiger partial charge in [-0.15, -0.1) is 0 Å². The minimum absolute atomic E-state index is 0.0555.